The Balaban J connectivity index is 1.13. The third kappa shape index (κ3) is 5.71. The Bertz CT molecular complexity index is 1880. The van der Waals surface area contributed by atoms with Crippen LogP contribution in [0.15, 0.2) is 91.5 Å². The molecule has 12 nitrogen and oxygen atoms in total. The molecule has 3 aromatic heterocycles. The number of rotatable bonds is 8. The fourth-order valence-corrected chi connectivity index (χ4v) is 5.88. The maximum absolute atomic E-state index is 13.6. The van der Waals surface area contributed by atoms with Gasteiger partial charge in [-0.25, -0.2) is 19.7 Å². The molecule has 7 rings (SSSR count). The SMILES string of the molecule is Cn1cc(-c2ccc(N(C(=O)NCc3ccccc3)c3ccc(Nc4ncc(C#N)c(N5CCC56CCOC6)n4)cc3)nc2)cn1. The minimum atomic E-state index is -0.314. The van der Waals surface area contributed by atoms with E-state index in [2.05, 4.69) is 36.7 Å². The highest BCUT2D eigenvalue weighted by atomic mass is 16.5. The number of aromatic nitrogens is 5. The van der Waals surface area contributed by atoms with Crippen molar-refractivity contribution < 1.29 is 9.53 Å². The number of anilines is 5. The number of carbonyl (C=O) groups excluding carboxylic acids is 1. The van der Waals surface area contributed by atoms with Crippen LogP contribution in [0, 0.1) is 11.3 Å². The zero-order valence-corrected chi connectivity index (χ0v) is 25.3. The lowest BCUT2D eigenvalue weighted by Gasteiger charge is -2.50. The molecule has 46 heavy (non-hydrogen) atoms. The van der Waals surface area contributed by atoms with Crippen molar-refractivity contribution in [3.05, 3.63) is 103 Å². The molecule has 0 radical (unpaired) electrons. The number of urea groups is 1. The van der Waals surface area contributed by atoms with Crippen LogP contribution in [0.3, 0.4) is 0 Å². The average Bonchev–Trinajstić information content (AvgIpc) is 3.77. The van der Waals surface area contributed by atoms with Crippen LogP contribution in [-0.4, -0.2) is 56.1 Å². The zero-order chi connectivity index (χ0) is 31.5. The summed E-state index contributed by atoms with van der Waals surface area (Å²) in [5.74, 6) is 1.47. The third-order valence-corrected chi connectivity index (χ3v) is 8.49. The fourth-order valence-electron chi connectivity index (χ4n) is 5.88. The summed E-state index contributed by atoms with van der Waals surface area (Å²) in [6.45, 7) is 2.55. The number of amides is 2. The van der Waals surface area contributed by atoms with E-state index >= 15 is 0 Å². The number of pyridine rings is 1. The molecule has 2 aliphatic rings. The van der Waals surface area contributed by atoms with Gasteiger partial charge >= 0.3 is 6.03 Å². The number of ether oxygens (including phenoxy) is 1. The molecule has 2 N–H and O–H groups in total. The minimum absolute atomic E-state index is 0.0896. The largest absolute Gasteiger partial charge is 0.379 e. The molecule has 230 valence electrons. The summed E-state index contributed by atoms with van der Waals surface area (Å²) in [6, 6.07) is 22.8. The van der Waals surface area contributed by atoms with Crippen molar-refractivity contribution in [2.75, 3.05) is 34.9 Å². The van der Waals surface area contributed by atoms with E-state index in [-0.39, 0.29) is 11.6 Å². The standard InChI is InChI=1S/C34H32N10O2/c1-42-22-27(21-39-42)25-7-12-30(36-19-25)44(33(45)38-18-24-5-3-2-4-6-24)29-10-8-28(9-11-29)40-32-37-20-26(17-35)31(41-32)43-15-13-34(43)14-16-46-23-34/h2-12,19-22H,13-16,18,23H2,1H3,(H,38,45)(H,37,40,41). The summed E-state index contributed by atoms with van der Waals surface area (Å²) in [5, 5.41) is 20.3. The number of benzene rings is 2. The number of carbonyl (C=O) groups is 1. The number of nitrogens with zero attached hydrogens (tertiary/aromatic N) is 8. The highest BCUT2D eigenvalue weighted by Crippen LogP contribution is 2.42. The van der Waals surface area contributed by atoms with E-state index in [4.69, 9.17) is 9.72 Å². The van der Waals surface area contributed by atoms with Gasteiger partial charge in [0, 0.05) is 56.0 Å². The van der Waals surface area contributed by atoms with E-state index in [0.717, 1.165) is 41.8 Å². The van der Waals surface area contributed by atoms with Gasteiger partial charge in [-0.15, -0.1) is 0 Å². The van der Waals surface area contributed by atoms with Crippen LogP contribution in [0.1, 0.15) is 24.0 Å². The Kier molecular flexibility index (Phi) is 7.74. The molecule has 0 saturated carbocycles. The molecule has 1 unspecified atom stereocenters. The third-order valence-electron chi connectivity index (χ3n) is 8.49. The number of hydrogen-bond donors (Lipinski definition) is 2. The summed E-state index contributed by atoms with van der Waals surface area (Å²) in [6.07, 6.45) is 8.92. The summed E-state index contributed by atoms with van der Waals surface area (Å²) < 4.78 is 7.41. The summed E-state index contributed by atoms with van der Waals surface area (Å²) >= 11 is 0. The summed E-state index contributed by atoms with van der Waals surface area (Å²) in [7, 11) is 1.86. The molecule has 2 aliphatic heterocycles. The van der Waals surface area contributed by atoms with Crippen molar-refractivity contribution in [3.63, 3.8) is 0 Å². The van der Waals surface area contributed by atoms with Gasteiger partial charge in [0.1, 0.15) is 17.5 Å². The van der Waals surface area contributed by atoms with Crippen LogP contribution in [0.4, 0.5) is 33.8 Å². The highest BCUT2D eigenvalue weighted by molar-refractivity contribution is 5.98. The Morgan fingerprint density at radius 3 is 2.52 bits per heavy atom. The lowest BCUT2D eigenvalue weighted by atomic mass is 9.83. The minimum Gasteiger partial charge on any atom is -0.379 e. The molecule has 1 atom stereocenters. The second-order valence-corrected chi connectivity index (χ2v) is 11.4. The van der Waals surface area contributed by atoms with Crippen molar-refractivity contribution in [1.29, 1.82) is 5.26 Å². The van der Waals surface area contributed by atoms with E-state index < -0.39 is 0 Å². The Labute approximate surface area is 266 Å². The second-order valence-electron chi connectivity index (χ2n) is 11.4. The van der Waals surface area contributed by atoms with Crippen molar-refractivity contribution >= 4 is 35.0 Å². The van der Waals surface area contributed by atoms with Gasteiger partial charge in [-0.05, 0) is 54.8 Å². The molecule has 12 heteroatoms. The van der Waals surface area contributed by atoms with Crippen LogP contribution >= 0.6 is 0 Å². The lowest BCUT2D eigenvalue weighted by Crippen LogP contribution is -2.61. The first-order chi connectivity index (χ1) is 22.5. The first kappa shape index (κ1) is 28.9. The van der Waals surface area contributed by atoms with Crippen LogP contribution in [0.2, 0.25) is 0 Å². The molecular weight excluding hydrogens is 580 g/mol. The number of nitriles is 1. The number of aryl methyl sites for hydroxylation is 1. The van der Waals surface area contributed by atoms with Gasteiger partial charge in [0.25, 0.3) is 0 Å². The van der Waals surface area contributed by atoms with Crippen LogP contribution < -0.4 is 20.4 Å². The second kappa shape index (κ2) is 12.3. The van der Waals surface area contributed by atoms with Crippen molar-refractivity contribution in [2.45, 2.75) is 24.9 Å². The van der Waals surface area contributed by atoms with Crippen LogP contribution in [0.5, 0.6) is 0 Å². The quantitative estimate of drug-likeness (QED) is 0.239. The molecule has 2 amide bonds. The molecule has 2 saturated heterocycles. The van der Waals surface area contributed by atoms with E-state index in [0.29, 0.717) is 48.6 Å². The summed E-state index contributed by atoms with van der Waals surface area (Å²) in [5.41, 5.74) is 4.52. The van der Waals surface area contributed by atoms with Crippen LogP contribution in [0.25, 0.3) is 11.1 Å². The Hall–Kier alpha value is -5.80. The fraction of sp³-hybridized carbons (Fsp3) is 0.235. The van der Waals surface area contributed by atoms with E-state index in [1.807, 2.05) is 80.0 Å². The highest BCUT2D eigenvalue weighted by Gasteiger charge is 2.49. The smallest absolute Gasteiger partial charge is 0.327 e. The monoisotopic (exact) mass is 612 g/mol. The van der Waals surface area contributed by atoms with E-state index in [1.54, 1.807) is 28.2 Å². The van der Waals surface area contributed by atoms with Gasteiger partial charge in [-0.2, -0.15) is 15.3 Å². The molecular formula is C34H32N10O2. The maximum atomic E-state index is 13.6. The van der Waals surface area contributed by atoms with Gasteiger partial charge < -0.3 is 20.3 Å². The molecule has 1 spiro atoms. The van der Waals surface area contributed by atoms with E-state index in [1.165, 1.54) is 0 Å². The maximum Gasteiger partial charge on any atom is 0.327 e. The van der Waals surface area contributed by atoms with Gasteiger partial charge in [-0.3, -0.25) is 4.68 Å². The normalized spacial score (nSPS) is 16.9. The molecule has 2 aromatic carbocycles. The zero-order valence-electron chi connectivity index (χ0n) is 25.3. The molecule has 0 aliphatic carbocycles. The van der Waals surface area contributed by atoms with Crippen molar-refractivity contribution in [3.8, 4) is 17.2 Å². The number of hydrogen-bond acceptors (Lipinski definition) is 9. The molecule has 0 bridgehead atoms. The Morgan fingerprint density at radius 2 is 1.87 bits per heavy atom. The summed E-state index contributed by atoms with van der Waals surface area (Å²) in [4.78, 5) is 31.1. The van der Waals surface area contributed by atoms with Crippen molar-refractivity contribution in [1.82, 2.24) is 30.0 Å². The molecule has 5 aromatic rings. The van der Waals surface area contributed by atoms with Crippen LogP contribution in [-0.2, 0) is 18.3 Å². The topological polar surface area (TPSA) is 137 Å². The predicted molar refractivity (Wildman–Crippen MR) is 174 cm³/mol. The van der Waals surface area contributed by atoms with Gasteiger partial charge in [0.05, 0.1) is 30.2 Å². The first-order valence-electron chi connectivity index (χ1n) is 15.1. The van der Waals surface area contributed by atoms with Gasteiger partial charge in [0.15, 0.2) is 5.82 Å². The van der Waals surface area contributed by atoms with Crippen molar-refractivity contribution in [2.24, 2.45) is 7.05 Å². The average molecular weight is 613 g/mol. The molecule has 5 heterocycles. The molecule has 2 fully saturated rings. The predicted octanol–water partition coefficient (Wildman–Crippen LogP) is 5.30. The van der Waals surface area contributed by atoms with Gasteiger partial charge in [-0.1, -0.05) is 30.3 Å². The Morgan fingerprint density at radius 1 is 1.02 bits per heavy atom. The van der Waals surface area contributed by atoms with E-state index in [9.17, 15) is 10.1 Å². The number of nitrogens with one attached hydrogen (secondary N) is 2. The van der Waals surface area contributed by atoms with Gasteiger partial charge in [0.2, 0.25) is 5.95 Å². The lowest BCUT2D eigenvalue weighted by molar-refractivity contribution is 0.156. The first-order valence-corrected chi connectivity index (χ1v) is 15.1.